The van der Waals surface area contributed by atoms with Crippen molar-refractivity contribution in [3.05, 3.63) is 0 Å². The first-order valence-electron chi connectivity index (χ1n) is 13.7. The Morgan fingerprint density at radius 2 is 1.73 bits per heavy atom. The highest BCUT2D eigenvalue weighted by molar-refractivity contribution is 8.07. The lowest BCUT2D eigenvalue weighted by Crippen LogP contribution is -2.64. The zero-order valence-electron chi connectivity index (χ0n) is 24.0. The maximum Gasteiger partial charge on any atom is 0.324 e. The van der Waals surface area contributed by atoms with Crippen molar-refractivity contribution in [3.63, 3.8) is 0 Å². The first-order valence-corrected chi connectivity index (χ1v) is 16.3. The Kier molecular flexibility index (Phi) is 15.9. The molecule has 2 fully saturated rings. The van der Waals surface area contributed by atoms with E-state index in [0.717, 1.165) is 0 Å². The molecule has 2 rings (SSSR count). The number of hydrogen-bond donors (Lipinski definition) is 7. The topological polar surface area (TPSA) is 207 Å². The molecule has 0 aromatic carbocycles. The number of urea groups is 1. The summed E-state index contributed by atoms with van der Waals surface area (Å²) in [4.78, 5) is 33.8. The Hall–Kier alpha value is -0.945. The molecular weight excluding hydrogens is 584 g/mol. The molecular formula is C23H45BN3O12PS. The van der Waals surface area contributed by atoms with Crippen molar-refractivity contribution in [2.24, 2.45) is 5.92 Å². The number of hydrogen-bond acceptors (Lipinski definition) is 12. The van der Waals surface area contributed by atoms with Gasteiger partial charge in [0.15, 0.2) is 6.29 Å². The molecule has 2 aliphatic rings. The van der Waals surface area contributed by atoms with Crippen molar-refractivity contribution in [3.8, 4) is 0 Å². The van der Waals surface area contributed by atoms with Gasteiger partial charge in [-0.1, -0.05) is 0 Å². The van der Waals surface area contributed by atoms with Gasteiger partial charge in [0, 0.05) is 52.8 Å². The molecule has 0 radical (unpaired) electrons. The van der Waals surface area contributed by atoms with Crippen molar-refractivity contribution in [2.45, 2.75) is 81.5 Å². The number of aliphatic hydroxyl groups is 3. The highest BCUT2D eigenvalue weighted by Gasteiger charge is 2.46. The molecule has 0 aromatic rings. The van der Waals surface area contributed by atoms with E-state index < -0.39 is 62.1 Å². The number of carbonyl (C=O) groups excluding carboxylic acids is 2. The summed E-state index contributed by atoms with van der Waals surface area (Å²) in [5.41, 5.74) is 0. The molecule has 2 unspecified atom stereocenters. The van der Waals surface area contributed by atoms with Crippen LogP contribution in [0.4, 0.5) is 4.79 Å². The van der Waals surface area contributed by atoms with Crippen LogP contribution in [0.5, 0.6) is 0 Å². The molecule has 15 nitrogen and oxygen atoms in total. The van der Waals surface area contributed by atoms with E-state index in [9.17, 15) is 29.8 Å². The second-order valence-corrected chi connectivity index (χ2v) is 13.0. The molecule has 0 bridgehead atoms. The Morgan fingerprint density at radius 1 is 1.05 bits per heavy atom. The minimum absolute atomic E-state index is 0.0694. The van der Waals surface area contributed by atoms with Crippen LogP contribution in [0.15, 0.2) is 0 Å². The minimum atomic E-state index is -3.40. The lowest BCUT2D eigenvalue weighted by Gasteiger charge is -2.42. The number of unbranched alkanes of at least 4 members (excludes halogenated alkanes) is 1. The monoisotopic (exact) mass is 629 g/mol. The highest BCUT2D eigenvalue weighted by atomic mass is 32.5. The number of rotatable bonds is 17. The number of ether oxygens (including phenoxy) is 4. The average molecular weight is 629 g/mol. The van der Waals surface area contributed by atoms with E-state index in [0.29, 0.717) is 38.8 Å². The van der Waals surface area contributed by atoms with Gasteiger partial charge in [-0.2, -0.15) is 0 Å². The first-order chi connectivity index (χ1) is 19.4. The fraction of sp³-hybridized carbons (Fsp3) is 0.913. The summed E-state index contributed by atoms with van der Waals surface area (Å²) in [6.45, 7) is -1.36. The van der Waals surface area contributed by atoms with E-state index in [1.807, 2.05) is 7.85 Å². The number of nitrogens with one attached hydrogen (secondary N) is 3. The molecule has 3 amide bonds. The van der Waals surface area contributed by atoms with E-state index in [4.69, 9.17) is 39.8 Å². The Labute approximate surface area is 246 Å². The molecule has 238 valence electrons. The van der Waals surface area contributed by atoms with E-state index >= 15 is 0 Å². The molecule has 0 saturated carbocycles. The van der Waals surface area contributed by atoms with Crippen LogP contribution in [0.25, 0.3) is 0 Å². The minimum Gasteiger partial charge on any atom is -0.394 e. The van der Waals surface area contributed by atoms with Gasteiger partial charge in [-0.3, -0.25) is 4.79 Å². The summed E-state index contributed by atoms with van der Waals surface area (Å²) in [6.07, 6.45) is -3.29. The molecule has 0 spiro atoms. The van der Waals surface area contributed by atoms with Crippen LogP contribution in [0, 0.1) is 5.92 Å². The fourth-order valence-corrected chi connectivity index (χ4v) is 5.86. The Morgan fingerprint density at radius 3 is 2.34 bits per heavy atom. The van der Waals surface area contributed by atoms with Gasteiger partial charge in [0.2, 0.25) is 5.91 Å². The fourth-order valence-electron chi connectivity index (χ4n) is 4.88. The summed E-state index contributed by atoms with van der Waals surface area (Å²) in [5, 5.41) is 37.8. The average Bonchev–Trinajstić information content (AvgIpc) is 3.20. The number of carbonyl (C=O) groups is 2. The zero-order chi connectivity index (χ0) is 30.6. The van der Waals surface area contributed by atoms with Crippen LogP contribution in [0.2, 0.25) is 0 Å². The second kappa shape index (κ2) is 18.0. The Bertz CT molecular complexity index is 867. The third-order valence-electron chi connectivity index (χ3n) is 6.99. The predicted molar refractivity (Wildman–Crippen MR) is 152 cm³/mol. The summed E-state index contributed by atoms with van der Waals surface area (Å²) < 4.78 is 33.0. The lowest BCUT2D eigenvalue weighted by molar-refractivity contribution is -0.270. The maximum absolute atomic E-state index is 12.2. The molecule has 2 saturated heterocycles. The van der Waals surface area contributed by atoms with Crippen LogP contribution in [0.3, 0.4) is 0 Å². The summed E-state index contributed by atoms with van der Waals surface area (Å²) in [6, 6.07) is -1.47. The summed E-state index contributed by atoms with van der Waals surface area (Å²) in [7, 11) is 4.78. The third-order valence-corrected chi connectivity index (χ3v) is 8.66. The molecule has 2 aliphatic heterocycles. The van der Waals surface area contributed by atoms with Crippen LogP contribution in [0.1, 0.15) is 32.6 Å². The standard InChI is InChI=1S/C23H45BN3O12PS/c1-13(29)27-17-19(31)18(30)15(11-28)38-22(17)36-10-5-4-8-25-23(32)26-9-6-7-14-20(39-40(33,41)35-3)16(12-34-2)37-21(14)24/h14-22,28,30-31H,4-12,24H2,1-3H3,(H,27,29)(H,33,41)(H2,25,26,32)/t14-,15+,16+,17+,18-,19+,20?,21+,22+,40?/m0/s1. The van der Waals surface area contributed by atoms with Gasteiger partial charge < -0.3 is 64.2 Å². The summed E-state index contributed by atoms with van der Waals surface area (Å²) >= 11 is 5.02. The Balaban J connectivity index is 1.67. The van der Waals surface area contributed by atoms with Crippen LogP contribution in [-0.4, -0.2) is 136 Å². The predicted octanol–water partition coefficient (Wildman–Crippen LogP) is -2.32. The van der Waals surface area contributed by atoms with Crippen LogP contribution < -0.4 is 16.0 Å². The normalized spacial score (nSPS) is 33.2. The van der Waals surface area contributed by atoms with Crippen LogP contribution in [-0.2, 0) is 44.6 Å². The van der Waals surface area contributed by atoms with Gasteiger partial charge in [0.25, 0.3) is 0 Å². The van der Waals surface area contributed by atoms with Gasteiger partial charge in [0.1, 0.15) is 44.4 Å². The van der Waals surface area contributed by atoms with E-state index in [2.05, 4.69) is 16.0 Å². The molecule has 18 heteroatoms. The number of aliphatic hydroxyl groups excluding tert-OH is 3. The van der Waals surface area contributed by atoms with Gasteiger partial charge in [-0.25, -0.2) is 4.79 Å². The molecule has 7 N–H and O–H groups in total. The van der Waals surface area contributed by atoms with Crippen LogP contribution >= 0.6 is 6.72 Å². The SMILES string of the molecule is B[C@@H]1O[C@H](COC)C(OP(O)(=S)OC)[C@@H]1CCCNC(=O)NCCCCO[C@@H]1O[C@H](CO)[C@H](O)[C@H](O)[C@H]1NC(C)=O. The molecule has 2 heterocycles. The van der Waals surface area contributed by atoms with Gasteiger partial charge in [-0.15, -0.1) is 0 Å². The van der Waals surface area contributed by atoms with Crippen molar-refractivity contribution in [2.75, 3.05) is 47.1 Å². The van der Waals surface area contributed by atoms with Crippen molar-refractivity contribution in [1.82, 2.24) is 16.0 Å². The number of methoxy groups -OCH3 is 1. The van der Waals surface area contributed by atoms with Gasteiger partial charge in [0.05, 0.1) is 13.2 Å². The van der Waals surface area contributed by atoms with Gasteiger partial charge >= 0.3 is 12.7 Å². The first kappa shape index (κ1) is 36.2. The van der Waals surface area contributed by atoms with E-state index in [1.165, 1.54) is 14.0 Å². The molecule has 0 aliphatic carbocycles. The largest absolute Gasteiger partial charge is 0.394 e. The van der Waals surface area contributed by atoms with E-state index in [1.54, 1.807) is 7.11 Å². The second-order valence-electron chi connectivity index (χ2n) is 10.1. The maximum atomic E-state index is 12.2. The van der Waals surface area contributed by atoms with Crippen molar-refractivity contribution < 1.29 is 57.8 Å². The quantitative estimate of drug-likeness (QED) is 0.0513. The molecule has 0 aromatic heterocycles. The highest BCUT2D eigenvalue weighted by Crippen LogP contribution is 2.48. The van der Waals surface area contributed by atoms with Crippen molar-refractivity contribution in [1.29, 1.82) is 0 Å². The lowest BCUT2D eigenvalue weighted by atomic mass is 9.82. The smallest absolute Gasteiger partial charge is 0.324 e. The van der Waals surface area contributed by atoms with Crippen molar-refractivity contribution >= 4 is 38.3 Å². The number of amides is 3. The van der Waals surface area contributed by atoms with E-state index in [-0.39, 0.29) is 31.2 Å². The molecule has 10 atom stereocenters. The van der Waals surface area contributed by atoms with Gasteiger partial charge in [-0.05, 0) is 37.5 Å². The third kappa shape index (κ3) is 11.6. The zero-order valence-corrected chi connectivity index (χ0v) is 25.7. The molecule has 41 heavy (non-hydrogen) atoms. The summed E-state index contributed by atoms with van der Waals surface area (Å²) in [5.74, 6) is -0.498.